The zero-order valence-electron chi connectivity index (χ0n) is 60.6. The summed E-state index contributed by atoms with van der Waals surface area (Å²) in [5.74, 6) is 2.72. The Kier molecular flexibility index (Phi) is 38.7. The maximum Gasteiger partial charge on any atom is 0.466 e. The summed E-state index contributed by atoms with van der Waals surface area (Å²) in [4.78, 5) is 66.0. The van der Waals surface area contributed by atoms with Gasteiger partial charge in [-0.1, -0.05) is 80.1 Å². The summed E-state index contributed by atoms with van der Waals surface area (Å²) in [5.41, 5.74) is 15.4. The van der Waals surface area contributed by atoms with Crippen molar-refractivity contribution in [1.29, 1.82) is 0 Å². The molecule has 0 atom stereocenters. The van der Waals surface area contributed by atoms with Crippen LogP contribution < -0.4 is 30.2 Å². The molecule has 22 heteroatoms. The molecular weight excluding hydrogens is 1260 g/mol. The molecule has 3 aromatic heterocycles. The molecule has 0 amide bonds. The highest BCUT2D eigenvalue weighted by Gasteiger charge is 2.22. The van der Waals surface area contributed by atoms with Gasteiger partial charge in [0.15, 0.2) is 0 Å². The molecule has 0 saturated carbocycles. The molecule has 0 radical (unpaired) electrons. The lowest BCUT2D eigenvalue weighted by Crippen LogP contribution is -2.28. The third-order valence-corrected chi connectivity index (χ3v) is 18.2. The van der Waals surface area contributed by atoms with Crippen LogP contribution in [0, 0.1) is 0 Å². The monoisotopic (exact) mass is 1390 g/mol. The van der Waals surface area contributed by atoms with E-state index in [-0.39, 0.29) is 0 Å². The average molecular weight is 1390 g/mol. The number of aromatic nitrogens is 3. The number of rotatable bonds is 36. The largest absolute Gasteiger partial charge is 0.497 e. The Morgan fingerprint density at radius 3 is 0.794 bits per heavy atom. The minimum absolute atomic E-state index is 0.906. The number of nitrogens with one attached hydrogen (secondary N) is 3. The van der Waals surface area contributed by atoms with Crippen molar-refractivity contribution in [3.8, 4) is 17.2 Å². The summed E-state index contributed by atoms with van der Waals surface area (Å²) in [6, 6.07) is 18.8. The van der Waals surface area contributed by atoms with Gasteiger partial charge < -0.3 is 74.2 Å². The lowest BCUT2D eigenvalue weighted by Gasteiger charge is -2.24. The molecule has 6 aromatic rings. The standard InChI is InChI=1S/3C25H39N3O.2H3O4P/c3*1-4-6-16-28(17-7-5-2)18-10-15-26-25-21-11-8-9-12-23(21)27-24-14-13-20(29-3)19-22(24)25;2*1-5(2,3)4/h3*13-14,19H,4-12,15-18H2,1-3H3,(H,26,27);2*(H3,1,2,3,4). The van der Waals surface area contributed by atoms with Crippen LogP contribution in [0.4, 0.5) is 17.1 Å². The molecule has 544 valence electrons. The van der Waals surface area contributed by atoms with E-state index in [2.05, 4.69) is 109 Å². The fraction of sp³-hybridized carbons (Fsp3) is 0.640. The van der Waals surface area contributed by atoms with Gasteiger partial charge in [0.2, 0.25) is 0 Å². The second kappa shape index (κ2) is 45.5. The van der Waals surface area contributed by atoms with Crippen LogP contribution in [-0.4, -0.2) is 159 Å². The number of hydrogen-bond donors (Lipinski definition) is 9. The van der Waals surface area contributed by atoms with Crippen LogP contribution in [0.3, 0.4) is 0 Å². The van der Waals surface area contributed by atoms with Crippen LogP contribution in [0.15, 0.2) is 54.6 Å². The number of anilines is 3. The number of nitrogens with zero attached hydrogens (tertiary/aromatic N) is 6. The SMILES string of the molecule is CCCCN(CCCC)CCCNc1c2c(nc3ccc(OC)cc13)CCCC2.CCCCN(CCCC)CCCNc1c2c(nc3ccc(OC)cc13)CCCC2.CCCCN(CCCC)CCCNc1c2c(nc3ccc(OC)cc13)CCCC2.O=P(O)(O)O.O=P(O)(O)O. The van der Waals surface area contributed by atoms with Crippen LogP contribution in [0.2, 0.25) is 0 Å². The van der Waals surface area contributed by atoms with Crippen molar-refractivity contribution in [3.05, 3.63) is 88.4 Å². The molecule has 0 spiro atoms. The molecule has 0 unspecified atom stereocenters. The Morgan fingerprint density at radius 1 is 0.361 bits per heavy atom. The van der Waals surface area contributed by atoms with E-state index in [9.17, 15) is 0 Å². The highest BCUT2D eigenvalue weighted by molar-refractivity contribution is 7.45. The fourth-order valence-electron chi connectivity index (χ4n) is 13.0. The number of pyridine rings is 3. The van der Waals surface area contributed by atoms with Crippen molar-refractivity contribution < 1.29 is 52.7 Å². The summed E-state index contributed by atoms with van der Waals surface area (Å²) >= 11 is 0. The Balaban J connectivity index is 0.000000245. The number of fused-ring (bicyclic) bond motifs is 6. The normalized spacial score (nSPS) is 13.5. The molecule has 3 aliphatic carbocycles. The van der Waals surface area contributed by atoms with Crippen molar-refractivity contribution in [2.24, 2.45) is 0 Å². The third kappa shape index (κ3) is 30.3. The van der Waals surface area contributed by atoms with E-state index in [4.69, 9.17) is 67.7 Å². The van der Waals surface area contributed by atoms with E-state index >= 15 is 0 Å². The first-order valence-corrected chi connectivity index (χ1v) is 39.9. The van der Waals surface area contributed by atoms with Gasteiger partial charge in [0.05, 0.1) is 37.9 Å². The van der Waals surface area contributed by atoms with E-state index in [1.54, 1.807) is 21.3 Å². The smallest absolute Gasteiger partial charge is 0.466 e. The molecule has 0 fully saturated rings. The number of hydrogen-bond acceptors (Lipinski definition) is 14. The van der Waals surface area contributed by atoms with E-state index in [1.165, 1.54) is 261 Å². The number of aryl methyl sites for hydroxylation is 3. The molecule has 0 saturated heterocycles. The highest BCUT2D eigenvalue weighted by atomic mass is 31.2. The highest BCUT2D eigenvalue weighted by Crippen LogP contribution is 2.38. The van der Waals surface area contributed by atoms with Gasteiger partial charge in [-0.3, -0.25) is 15.0 Å². The van der Waals surface area contributed by atoms with Gasteiger partial charge in [-0.2, -0.15) is 0 Å². The fourth-order valence-corrected chi connectivity index (χ4v) is 13.0. The molecule has 9 N–H and O–H groups in total. The van der Waals surface area contributed by atoms with Crippen molar-refractivity contribution >= 4 is 65.4 Å². The van der Waals surface area contributed by atoms with Gasteiger partial charge in [0.25, 0.3) is 0 Å². The summed E-state index contributed by atoms with van der Waals surface area (Å²) in [7, 11) is -4.07. The molecule has 3 aliphatic rings. The quantitative estimate of drug-likeness (QED) is 0.0131. The predicted molar refractivity (Wildman–Crippen MR) is 401 cm³/mol. The second-order valence-corrected chi connectivity index (χ2v) is 28.1. The summed E-state index contributed by atoms with van der Waals surface area (Å²) < 4.78 is 34.2. The third-order valence-electron chi connectivity index (χ3n) is 18.2. The van der Waals surface area contributed by atoms with Crippen molar-refractivity contribution in [3.63, 3.8) is 0 Å². The zero-order valence-corrected chi connectivity index (χ0v) is 62.4. The topological polar surface area (TPSA) is 268 Å². The Hall–Kier alpha value is -5.21. The van der Waals surface area contributed by atoms with Gasteiger partial charge in [-0.15, -0.1) is 0 Å². The van der Waals surface area contributed by atoms with E-state index in [0.717, 1.165) is 92.0 Å². The molecular formula is C75H123N9O11P2. The van der Waals surface area contributed by atoms with Gasteiger partial charge in [-0.05, 0) is 265 Å². The first kappa shape index (κ1) is 82.5. The number of methoxy groups -OCH3 is 3. The first-order valence-electron chi connectivity index (χ1n) is 36.7. The summed E-state index contributed by atoms with van der Waals surface area (Å²) in [6.07, 6.45) is 33.3. The molecule has 97 heavy (non-hydrogen) atoms. The van der Waals surface area contributed by atoms with E-state index in [1.807, 2.05) is 18.2 Å². The van der Waals surface area contributed by atoms with Crippen LogP contribution in [0.5, 0.6) is 17.2 Å². The molecule has 0 bridgehead atoms. The van der Waals surface area contributed by atoms with Crippen molar-refractivity contribution in [2.75, 3.05) is 116 Å². The Labute approximate surface area is 581 Å². The minimum Gasteiger partial charge on any atom is -0.497 e. The number of unbranched alkanes of at least 4 members (excludes halogenated alkanes) is 6. The number of benzene rings is 3. The molecule has 3 heterocycles. The summed E-state index contributed by atoms with van der Waals surface area (Å²) in [6.45, 7) is 27.7. The van der Waals surface area contributed by atoms with Gasteiger partial charge in [0.1, 0.15) is 17.2 Å². The van der Waals surface area contributed by atoms with E-state index < -0.39 is 15.6 Å². The van der Waals surface area contributed by atoms with Crippen LogP contribution in [0.25, 0.3) is 32.7 Å². The van der Waals surface area contributed by atoms with Crippen molar-refractivity contribution in [1.82, 2.24) is 29.7 Å². The maximum absolute atomic E-state index is 8.88. The molecule has 20 nitrogen and oxygen atoms in total. The van der Waals surface area contributed by atoms with Gasteiger partial charge in [0, 0.05) is 69.9 Å². The lowest BCUT2D eigenvalue weighted by atomic mass is 9.92. The molecule has 0 aliphatic heterocycles. The zero-order chi connectivity index (χ0) is 70.4. The Morgan fingerprint density at radius 2 is 0.577 bits per heavy atom. The molecule has 3 aromatic carbocycles. The lowest BCUT2D eigenvalue weighted by molar-refractivity contribution is 0.264. The van der Waals surface area contributed by atoms with E-state index in [0.29, 0.717) is 0 Å². The Bertz CT molecular complexity index is 2960. The van der Waals surface area contributed by atoms with Gasteiger partial charge in [-0.25, -0.2) is 9.13 Å². The first-order chi connectivity index (χ1) is 46.8. The second-order valence-electron chi connectivity index (χ2n) is 26.0. The van der Waals surface area contributed by atoms with Crippen LogP contribution >= 0.6 is 15.6 Å². The van der Waals surface area contributed by atoms with Gasteiger partial charge >= 0.3 is 15.6 Å². The average Bonchev–Trinajstić information content (AvgIpc) is 0.792. The maximum atomic E-state index is 8.88. The van der Waals surface area contributed by atoms with Crippen LogP contribution in [0.1, 0.15) is 210 Å². The predicted octanol–water partition coefficient (Wildman–Crippen LogP) is 15.6. The van der Waals surface area contributed by atoms with Crippen LogP contribution in [-0.2, 0) is 47.7 Å². The number of ether oxygens (including phenoxy) is 3. The number of phosphoric acid groups is 2. The minimum atomic E-state index is -4.64. The van der Waals surface area contributed by atoms with Crippen molar-refractivity contribution in [2.45, 2.75) is 215 Å². The summed E-state index contributed by atoms with van der Waals surface area (Å²) in [5, 5.41) is 15.1. The molecule has 9 rings (SSSR count).